The number of benzene rings is 3. The lowest BCUT2D eigenvalue weighted by atomic mass is 10.1. The van der Waals surface area contributed by atoms with E-state index in [9.17, 15) is 13.2 Å². The van der Waals surface area contributed by atoms with Gasteiger partial charge >= 0.3 is 0 Å². The minimum Gasteiger partial charge on any atom is -0.322 e. The fraction of sp³-hybridized carbons (Fsp3) is 0. The van der Waals surface area contributed by atoms with Crippen LogP contribution in [0.5, 0.6) is 0 Å². The molecule has 1 amide bonds. The van der Waals surface area contributed by atoms with E-state index in [0.29, 0.717) is 22.0 Å². The molecule has 0 bridgehead atoms. The lowest BCUT2D eigenvalue weighted by Gasteiger charge is -2.10. The van der Waals surface area contributed by atoms with E-state index in [0.717, 1.165) is 11.1 Å². The van der Waals surface area contributed by atoms with Crippen LogP contribution in [0.1, 0.15) is 10.4 Å². The predicted octanol–water partition coefficient (Wildman–Crippen LogP) is 4.78. The van der Waals surface area contributed by atoms with Crippen LogP contribution in [0.3, 0.4) is 0 Å². The molecule has 4 rings (SSSR count). The summed E-state index contributed by atoms with van der Waals surface area (Å²) in [4.78, 5) is 12.6. The second-order valence-corrected chi connectivity index (χ2v) is 8.72. The fourth-order valence-corrected chi connectivity index (χ4v) is 4.28. The minimum atomic E-state index is -3.75. The number of sulfonamides is 1. The Labute approximate surface area is 184 Å². The van der Waals surface area contributed by atoms with Crippen molar-refractivity contribution in [3.8, 4) is 11.1 Å². The number of rotatable bonds is 6. The third-order valence-electron chi connectivity index (χ3n) is 4.49. The summed E-state index contributed by atoms with van der Waals surface area (Å²) < 4.78 is 27.5. The van der Waals surface area contributed by atoms with Gasteiger partial charge in [-0.2, -0.15) is 5.10 Å². The number of carbonyl (C=O) groups is 1. The Morgan fingerprint density at radius 2 is 1.68 bits per heavy atom. The zero-order chi connectivity index (χ0) is 21.8. The summed E-state index contributed by atoms with van der Waals surface area (Å²) in [6.07, 6.45) is 3.38. The fourth-order valence-electron chi connectivity index (χ4n) is 2.93. The number of H-pyrrole nitrogens is 1. The van der Waals surface area contributed by atoms with Gasteiger partial charge in [-0.05, 0) is 48.5 Å². The summed E-state index contributed by atoms with van der Waals surface area (Å²) in [5.74, 6) is -0.382. The highest BCUT2D eigenvalue weighted by Gasteiger charge is 2.15. The van der Waals surface area contributed by atoms with E-state index in [1.54, 1.807) is 60.9 Å². The summed E-state index contributed by atoms with van der Waals surface area (Å²) in [5.41, 5.74) is 2.91. The average Bonchev–Trinajstić information content (AvgIpc) is 3.29. The molecule has 0 radical (unpaired) electrons. The number of aromatic nitrogens is 2. The molecule has 0 fully saturated rings. The van der Waals surface area contributed by atoms with Gasteiger partial charge in [-0.25, -0.2) is 8.42 Å². The molecule has 1 aromatic heterocycles. The van der Waals surface area contributed by atoms with E-state index in [1.165, 1.54) is 24.3 Å². The van der Waals surface area contributed by atoms with Crippen LogP contribution in [0.15, 0.2) is 90.1 Å². The van der Waals surface area contributed by atoms with E-state index in [1.807, 2.05) is 0 Å². The van der Waals surface area contributed by atoms with E-state index in [2.05, 4.69) is 20.2 Å². The highest BCUT2D eigenvalue weighted by molar-refractivity contribution is 7.92. The van der Waals surface area contributed by atoms with Crippen LogP contribution in [0, 0.1) is 0 Å². The van der Waals surface area contributed by atoms with E-state index in [-0.39, 0.29) is 10.8 Å². The second-order valence-electron chi connectivity index (χ2n) is 6.63. The molecule has 156 valence electrons. The number of hydrogen-bond acceptors (Lipinski definition) is 4. The van der Waals surface area contributed by atoms with Gasteiger partial charge < -0.3 is 5.32 Å². The molecule has 9 heteroatoms. The van der Waals surface area contributed by atoms with Crippen LogP contribution in [0.25, 0.3) is 11.1 Å². The summed E-state index contributed by atoms with van der Waals surface area (Å²) >= 11 is 6.32. The predicted molar refractivity (Wildman–Crippen MR) is 121 cm³/mol. The number of amides is 1. The molecule has 31 heavy (non-hydrogen) atoms. The molecule has 7 nitrogen and oxygen atoms in total. The number of para-hydroxylation sites is 1. The molecule has 0 aliphatic rings. The number of halogens is 1. The Hall–Kier alpha value is -3.62. The molecule has 3 N–H and O–H groups in total. The lowest BCUT2D eigenvalue weighted by Crippen LogP contribution is -2.14. The van der Waals surface area contributed by atoms with Gasteiger partial charge in [-0.15, -0.1) is 0 Å². The van der Waals surface area contributed by atoms with Gasteiger partial charge in [-0.1, -0.05) is 35.9 Å². The quantitative estimate of drug-likeness (QED) is 0.391. The third-order valence-corrected chi connectivity index (χ3v) is 6.20. The van der Waals surface area contributed by atoms with E-state index >= 15 is 0 Å². The van der Waals surface area contributed by atoms with Crippen molar-refractivity contribution in [2.75, 3.05) is 10.0 Å². The topological polar surface area (TPSA) is 104 Å². The first kappa shape index (κ1) is 20.6. The van der Waals surface area contributed by atoms with Crippen molar-refractivity contribution in [3.63, 3.8) is 0 Å². The van der Waals surface area contributed by atoms with Gasteiger partial charge in [0, 0.05) is 34.3 Å². The van der Waals surface area contributed by atoms with Gasteiger partial charge in [0.2, 0.25) is 0 Å². The van der Waals surface area contributed by atoms with Crippen molar-refractivity contribution < 1.29 is 13.2 Å². The average molecular weight is 453 g/mol. The Kier molecular flexibility index (Phi) is 5.75. The van der Waals surface area contributed by atoms with Gasteiger partial charge in [0.05, 0.1) is 16.1 Å². The van der Waals surface area contributed by atoms with Crippen molar-refractivity contribution >= 4 is 38.9 Å². The largest absolute Gasteiger partial charge is 0.322 e. The first-order chi connectivity index (χ1) is 14.9. The zero-order valence-corrected chi connectivity index (χ0v) is 17.6. The molecule has 3 aromatic carbocycles. The normalized spacial score (nSPS) is 11.1. The Bertz CT molecular complexity index is 1310. The summed E-state index contributed by atoms with van der Waals surface area (Å²) in [7, 11) is -3.75. The van der Waals surface area contributed by atoms with Crippen LogP contribution in [0.4, 0.5) is 11.4 Å². The summed E-state index contributed by atoms with van der Waals surface area (Å²) in [6, 6.07) is 19.4. The van der Waals surface area contributed by atoms with Crippen molar-refractivity contribution in [3.05, 3.63) is 95.8 Å². The lowest BCUT2D eigenvalue weighted by molar-refractivity contribution is 0.102. The molecule has 0 atom stereocenters. The van der Waals surface area contributed by atoms with Crippen molar-refractivity contribution in [2.45, 2.75) is 4.90 Å². The first-order valence-electron chi connectivity index (χ1n) is 9.20. The molecule has 0 saturated carbocycles. The van der Waals surface area contributed by atoms with Crippen molar-refractivity contribution in [1.29, 1.82) is 0 Å². The van der Waals surface area contributed by atoms with Gasteiger partial charge in [-0.3, -0.25) is 14.6 Å². The van der Waals surface area contributed by atoms with E-state index < -0.39 is 10.0 Å². The highest BCUT2D eigenvalue weighted by atomic mass is 35.5. The Balaban J connectivity index is 1.47. The molecule has 0 aliphatic carbocycles. The molecule has 0 saturated heterocycles. The second kappa shape index (κ2) is 8.63. The number of nitrogens with one attached hydrogen (secondary N) is 3. The number of nitrogens with zero attached hydrogens (tertiary/aromatic N) is 1. The summed E-state index contributed by atoms with van der Waals surface area (Å²) in [6.45, 7) is 0. The SMILES string of the molecule is O=C(Nc1ccc(-c2cn[nH]c2)c(Cl)c1)c1ccc(S(=O)(=O)Nc2ccccc2)cc1. The van der Waals surface area contributed by atoms with Gasteiger partial charge in [0.1, 0.15) is 0 Å². The van der Waals surface area contributed by atoms with Gasteiger partial charge in [0.15, 0.2) is 0 Å². The molecule has 1 heterocycles. The van der Waals surface area contributed by atoms with Crippen LogP contribution in [-0.4, -0.2) is 24.5 Å². The summed E-state index contributed by atoms with van der Waals surface area (Å²) in [5, 5.41) is 9.85. The zero-order valence-electron chi connectivity index (χ0n) is 16.0. The van der Waals surface area contributed by atoms with Gasteiger partial charge in [0.25, 0.3) is 15.9 Å². The third kappa shape index (κ3) is 4.76. The van der Waals surface area contributed by atoms with Crippen LogP contribution in [0.2, 0.25) is 5.02 Å². The van der Waals surface area contributed by atoms with Crippen molar-refractivity contribution in [1.82, 2.24) is 10.2 Å². The number of anilines is 2. The van der Waals surface area contributed by atoms with E-state index in [4.69, 9.17) is 11.6 Å². The first-order valence-corrected chi connectivity index (χ1v) is 11.1. The standard InChI is InChI=1S/C22H17ClN4O3S/c23-21-12-18(8-11-20(21)16-13-24-25-14-16)26-22(28)15-6-9-19(10-7-15)31(29,30)27-17-4-2-1-3-5-17/h1-14,27H,(H,24,25)(H,26,28). The maximum absolute atomic E-state index is 12.6. The molecule has 0 aliphatic heterocycles. The molecular weight excluding hydrogens is 436 g/mol. The number of hydrogen-bond donors (Lipinski definition) is 3. The van der Waals surface area contributed by atoms with Crippen molar-refractivity contribution in [2.24, 2.45) is 0 Å². The maximum atomic E-state index is 12.6. The molecular formula is C22H17ClN4O3S. The molecule has 0 unspecified atom stereocenters. The minimum absolute atomic E-state index is 0.0559. The number of aromatic amines is 1. The van der Waals surface area contributed by atoms with Crippen LogP contribution >= 0.6 is 11.6 Å². The monoisotopic (exact) mass is 452 g/mol. The maximum Gasteiger partial charge on any atom is 0.261 e. The number of carbonyl (C=O) groups excluding carboxylic acids is 1. The van der Waals surface area contributed by atoms with Crippen LogP contribution in [-0.2, 0) is 10.0 Å². The Morgan fingerprint density at radius 1 is 0.935 bits per heavy atom. The van der Waals surface area contributed by atoms with Crippen LogP contribution < -0.4 is 10.0 Å². The molecule has 4 aromatic rings. The highest BCUT2D eigenvalue weighted by Crippen LogP contribution is 2.30. The molecule has 0 spiro atoms. The Morgan fingerprint density at radius 3 is 2.32 bits per heavy atom. The smallest absolute Gasteiger partial charge is 0.261 e.